The maximum absolute atomic E-state index is 10.5. The van der Waals surface area contributed by atoms with Crippen LogP contribution in [0.2, 0.25) is 0 Å². The molecule has 1 saturated heterocycles. The van der Waals surface area contributed by atoms with E-state index in [1.165, 1.54) is 0 Å². The van der Waals surface area contributed by atoms with Crippen LogP contribution >= 0.6 is 0 Å². The second kappa shape index (κ2) is 4.26. The van der Waals surface area contributed by atoms with Crippen LogP contribution in [-0.2, 0) is 6.42 Å². The van der Waals surface area contributed by atoms with Gasteiger partial charge in [-0.15, -0.1) is 0 Å². The first-order valence-corrected chi connectivity index (χ1v) is 6.31. The molecule has 0 aromatic heterocycles. The van der Waals surface area contributed by atoms with Crippen LogP contribution in [-0.4, -0.2) is 28.9 Å². The molecule has 0 radical (unpaired) electrons. The van der Waals surface area contributed by atoms with Gasteiger partial charge in [0.25, 0.3) is 0 Å². The number of aromatic hydroxyl groups is 1. The highest BCUT2D eigenvalue weighted by Gasteiger charge is 2.32. The molecular formula is C15H17NO2. The van der Waals surface area contributed by atoms with E-state index in [1.807, 2.05) is 30.3 Å². The average Bonchev–Trinajstić information content (AvgIpc) is 2.80. The van der Waals surface area contributed by atoms with E-state index in [9.17, 15) is 10.2 Å². The minimum atomic E-state index is -0.735. The van der Waals surface area contributed by atoms with E-state index < -0.39 is 5.60 Å². The van der Waals surface area contributed by atoms with Crippen molar-refractivity contribution in [1.29, 1.82) is 0 Å². The van der Waals surface area contributed by atoms with Crippen molar-refractivity contribution in [2.24, 2.45) is 0 Å². The number of aliphatic hydroxyl groups is 1. The number of hydrogen-bond donors (Lipinski definition) is 3. The third-order valence-electron chi connectivity index (χ3n) is 3.74. The molecule has 2 aromatic carbocycles. The molecule has 0 saturated carbocycles. The summed E-state index contributed by atoms with van der Waals surface area (Å²) in [5, 5.41) is 25.8. The Bertz CT molecular complexity index is 574. The lowest BCUT2D eigenvalue weighted by atomic mass is 9.90. The maximum Gasteiger partial charge on any atom is 0.119 e. The Morgan fingerprint density at radius 3 is 2.78 bits per heavy atom. The van der Waals surface area contributed by atoms with E-state index in [-0.39, 0.29) is 5.75 Å². The molecule has 1 aliphatic rings. The summed E-state index contributed by atoms with van der Waals surface area (Å²) in [6.45, 7) is 1.43. The van der Waals surface area contributed by atoms with Crippen molar-refractivity contribution in [3.63, 3.8) is 0 Å². The van der Waals surface area contributed by atoms with Crippen LogP contribution in [0, 0.1) is 0 Å². The monoisotopic (exact) mass is 243 g/mol. The topological polar surface area (TPSA) is 52.5 Å². The number of β-amino-alcohol motifs (C(OH)–C–C–N with tert-alkyl or cyclic N) is 1. The van der Waals surface area contributed by atoms with Crippen molar-refractivity contribution in [3.05, 3.63) is 42.0 Å². The third-order valence-corrected chi connectivity index (χ3v) is 3.74. The zero-order chi connectivity index (χ0) is 12.6. The van der Waals surface area contributed by atoms with Crippen molar-refractivity contribution in [1.82, 2.24) is 5.32 Å². The standard InChI is InChI=1S/C15H17NO2/c17-14-6-5-11-3-1-2-4-12(11)13(14)9-15(18)7-8-16-10-15/h1-6,16-18H,7-10H2. The van der Waals surface area contributed by atoms with Gasteiger partial charge in [0, 0.05) is 18.5 Å². The van der Waals surface area contributed by atoms with Crippen molar-refractivity contribution in [2.75, 3.05) is 13.1 Å². The fourth-order valence-corrected chi connectivity index (χ4v) is 2.72. The number of nitrogens with one attached hydrogen (secondary N) is 1. The lowest BCUT2D eigenvalue weighted by Gasteiger charge is -2.22. The van der Waals surface area contributed by atoms with Gasteiger partial charge in [0.05, 0.1) is 5.60 Å². The lowest BCUT2D eigenvalue weighted by molar-refractivity contribution is 0.0616. The Kier molecular flexibility index (Phi) is 2.73. The van der Waals surface area contributed by atoms with Crippen LogP contribution in [0.1, 0.15) is 12.0 Å². The third kappa shape index (κ3) is 1.96. The fourth-order valence-electron chi connectivity index (χ4n) is 2.72. The lowest BCUT2D eigenvalue weighted by Crippen LogP contribution is -2.33. The minimum absolute atomic E-state index is 0.272. The van der Waals surface area contributed by atoms with Gasteiger partial charge in [0.1, 0.15) is 5.75 Å². The number of rotatable bonds is 2. The summed E-state index contributed by atoms with van der Waals surface area (Å²) >= 11 is 0. The summed E-state index contributed by atoms with van der Waals surface area (Å²) in [4.78, 5) is 0. The summed E-state index contributed by atoms with van der Waals surface area (Å²) in [5.41, 5.74) is 0.112. The van der Waals surface area contributed by atoms with Gasteiger partial charge in [0.2, 0.25) is 0 Å². The molecule has 1 aliphatic heterocycles. The molecule has 3 rings (SSSR count). The van der Waals surface area contributed by atoms with Crippen molar-refractivity contribution in [2.45, 2.75) is 18.4 Å². The molecule has 1 heterocycles. The zero-order valence-corrected chi connectivity index (χ0v) is 10.2. The van der Waals surface area contributed by atoms with Gasteiger partial charge in [-0.1, -0.05) is 30.3 Å². The highest BCUT2D eigenvalue weighted by atomic mass is 16.3. The number of hydrogen-bond acceptors (Lipinski definition) is 3. The molecule has 1 atom stereocenters. The summed E-state index contributed by atoms with van der Waals surface area (Å²) in [5.74, 6) is 0.272. The Labute approximate surface area is 106 Å². The predicted molar refractivity (Wildman–Crippen MR) is 71.8 cm³/mol. The van der Waals surface area contributed by atoms with Crippen LogP contribution in [0.4, 0.5) is 0 Å². The van der Waals surface area contributed by atoms with Gasteiger partial charge >= 0.3 is 0 Å². The molecule has 1 fully saturated rings. The van der Waals surface area contributed by atoms with Crippen LogP contribution in [0.25, 0.3) is 10.8 Å². The first-order valence-electron chi connectivity index (χ1n) is 6.31. The summed E-state index contributed by atoms with van der Waals surface area (Å²) in [6, 6.07) is 11.6. The fraction of sp³-hybridized carbons (Fsp3) is 0.333. The van der Waals surface area contributed by atoms with Gasteiger partial charge in [-0.3, -0.25) is 0 Å². The number of fused-ring (bicyclic) bond motifs is 1. The van der Waals surface area contributed by atoms with Crippen molar-refractivity contribution >= 4 is 10.8 Å². The Hall–Kier alpha value is -1.58. The SMILES string of the molecule is Oc1ccc2ccccc2c1CC1(O)CCNC1. The zero-order valence-electron chi connectivity index (χ0n) is 10.2. The Morgan fingerprint density at radius 1 is 1.17 bits per heavy atom. The molecule has 1 unspecified atom stereocenters. The van der Waals surface area contributed by atoms with E-state index >= 15 is 0 Å². The van der Waals surface area contributed by atoms with Crippen molar-refractivity contribution < 1.29 is 10.2 Å². The van der Waals surface area contributed by atoms with E-state index in [2.05, 4.69) is 5.32 Å². The molecule has 94 valence electrons. The molecule has 3 nitrogen and oxygen atoms in total. The van der Waals surface area contributed by atoms with E-state index in [4.69, 9.17) is 0 Å². The average molecular weight is 243 g/mol. The van der Waals surface area contributed by atoms with Crippen LogP contribution < -0.4 is 5.32 Å². The second-order valence-electron chi connectivity index (χ2n) is 5.11. The minimum Gasteiger partial charge on any atom is -0.508 e. The van der Waals surface area contributed by atoms with Crippen LogP contribution in [0.3, 0.4) is 0 Å². The normalized spacial score (nSPS) is 23.6. The second-order valence-corrected chi connectivity index (χ2v) is 5.11. The molecule has 0 aliphatic carbocycles. The van der Waals surface area contributed by atoms with E-state index in [1.54, 1.807) is 6.07 Å². The summed E-state index contributed by atoms with van der Waals surface area (Å²) in [6.07, 6.45) is 1.23. The predicted octanol–water partition coefficient (Wildman–Crippen LogP) is 1.81. The first-order chi connectivity index (χ1) is 8.68. The Balaban J connectivity index is 2.07. The van der Waals surface area contributed by atoms with Gasteiger partial charge in [0.15, 0.2) is 0 Å². The highest BCUT2D eigenvalue weighted by Crippen LogP contribution is 2.32. The molecule has 18 heavy (non-hydrogen) atoms. The van der Waals surface area contributed by atoms with E-state index in [0.717, 1.165) is 29.3 Å². The molecule has 0 amide bonds. The molecule has 3 N–H and O–H groups in total. The molecular weight excluding hydrogens is 226 g/mol. The largest absolute Gasteiger partial charge is 0.508 e. The van der Waals surface area contributed by atoms with E-state index in [0.29, 0.717) is 13.0 Å². The maximum atomic E-state index is 10.5. The van der Waals surface area contributed by atoms with Gasteiger partial charge < -0.3 is 15.5 Å². The quantitative estimate of drug-likeness (QED) is 0.754. The van der Waals surface area contributed by atoms with Gasteiger partial charge in [-0.25, -0.2) is 0 Å². The number of phenolic OH excluding ortho intramolecular Hbond substituents is 1. The van der Waals surface area contributed by atoms with Gasteiger partial charge in [-0.05, 0) is 29.8 Å². The molecule has 3 heteroatoms. The van der Waals surface area contributed by atoms with Crippen molar-refractivity contribution in [3.8, 4) is 5.75 Å². The molecule has 0 spiro atoms. The Morgan fingerprint density at radius 2 is 2.00 bits per heavy atom. The number of phenols is 1. The molecule has 0 bridgehead atoms. The highest BCUT2D eigenvalue weighted by molar-refractivity contribution is 5.87. The molecule has 2 aromatic rings. The first kappa shape index (κ1) is 11.5. The summed E-state index contributed by atoms with van der Waals surface area (Å²) in [7, 11) is 0. The van der Waals surface area contributed by atoms with Gasteiger partial charge in [-0.2, -0.15) is 0 Å². The number of benzene rings is 2. The van der Waals surface area contributed by atoms with Crippen LogP contribution in [0.5, 0.6) is 5.75 Å². The smallest absolute Gasteiger partial charge is 0.119 e. The van der Waals surface area contributed by atoms with Crippen LogP contribution in [0.15, 0.2) is 36.4 Å². The summed E-state index contributed by atoms with van der Waals surface area (Å²) < 4.78 is 0.